The summed E-state index contributed by atoms with van der Waals surface area (Å²) in [6, 6.07) is 7.49. The Labute approximate surface area is 147 Å². The molecule has 0 N–H and O–H groups in total. The number of aromatic nitrogens is 3. The summed E-state index contributed by atoms with van der Waals surface area (Å²) in [7, 11) is 0. The predicted octanol–water partition coefficient (Wildman–Crippen LogP) is 3.44. The highest BCUT2D eigenvalue weighted by Gasteiger charge is 2.35. The van der Waals surface area contributed by atoms with Crippen LogP contribution in [0.25, 0.3) is 11.5 Å². The summed E-state index contributed by atoms with van der Waals surface area (Å²) in [4.78, 5) is 22.2. The monoisotopic (exact) mass is 358 g/mol. The van der Waals surface area contributed by atoms with Gasteiger partial charge in [-0.2, -0.15) is 4.98 Å². The molecule has 1 aliphatic rings. The van der Waals surface area contributed by atoms with E-state index in [1.54, 1.807) is 24.5 Å². The molecule has 25 heavy (non-hydrogen) atoms. The third kappa shape index (κ3) is 2.98. The minimum atomic E-state index is -0.447. The smallest absolute Gasteiger partial charge is 0.258 e. The minimum absolute atomic E-state index is 0.117. The molecule has 1 saturated heterocycles. The van der Waals surface area contributed by atoms with Crippen LogP contribution in [0.3, 0.4) is 0 Å². The first-order valence-corrected chi connectivity index (χ1v) is 7.99. The predicted molar refractivity (Wildman–Crippen MR) is 88.7 cm³/mol. The first-order chi connectivity index (χ1) is 12.1. The molecular formula is C17H12ClFN4O2. The number of rotatable bonds is 3. The van der Waals surface area contributed by atoms with Gasteiger partial charge >= 0.3 is 0 Å². The van der Waals surface area contributed by atoms with Crippen molar-refractivity contribution in [2.75, 3.05) is 11.4 Å². The van der Waals surface area contributed by atoms with Gasteiger partial charge in [0.05, 0.1) is 10.7 Å². The molecule has 126 valence electrons. The SMILES string of the molecule is O=C1CC(c2noc(-c3ccncc3)n2)CN1c1ccc(F)cc1Cl. The Morgan fingerprint density at radius 3 is 2.80 bits per heavy atom. The standard InChI is InChI=1S/C17H12ClFN4O2/c18-13-8-12(19)1-2-14(13)23-9-11(7-15(23)24)16-21-17(25-22-16)10-3-5-20-6-4-10/h1-6,8,11H,7,9H2. The Morgan fingerprint density at radius 2 is 2.04 bits per heavy atom. The van der Waals surface area contributed by atoms with E-state index in [2.05, 4.69) is 15.1 Å². The summed E-state index contributed by atoms with van der Waals surface area (Å²) in [6.07, 6.45) is 3.51. The summed E-state index contributed by atoms with van der Waals surface area (Å²) < 4.78 is 18.5. The quantitative estimate of drug-likeness (QED) is 0.717. The lowest BCUT2D eigenvalue weighted by atomic mass is 10.1. The molecule has 6 nitrogen and oxygen atoms in total. The van der Waals surface area contributed by atoms with Crippen LogP contribution in [0, 0.1) is 5.82 Å². The Kier molecular flexibility index (Phi) is 3.93. The largest absolute Gasteiger partial charge is 0.334 e. The van der Waals surface area contributed by atoms with Crippen molar-refractivity contribution in [3.63, 3.8) is 0 Å². The lowest BCUT2D eigenvalue weighted by Crippen LogP contribution is -2.24. The lowest BCUT2D eigenvalue weighted by Gasteiger charge is -2.17. The normalized spacial score (nSPS) is 17.3. The van der Waals surface area contributed by atoms with Gasteiger partial charge in [-0.1, -0.05) is 16.8 Å². The topological polar surface area (TPSA) is 72.1 Å². The van der Waals surface area contributed by atoms with Crippen LogP contribution in [0.5, 0.6) is 0 Å². The highest BCUT2D eigenvalue weighted by molar-refractivity contribution is 6.33. The molecule has 1 fully saturated rings. The van der Waals surface area contributed by atoms with Crippen molar-refractivity contribution >= 4 is 23.2 Å². The van der Waals surface area contributed by atoms with E-state index < -0.39 is 5.82 Å². The van der Waals surface area contributed by atoms with E-state index in [1.807, 2.05) is 0 Å². The number of amides is 1. The first kappa shape index (κ1) is 15.7. The average molecular weight is 359 g/mol. The zero-order chi connectivity index (χ0) is 17.4. The molecule has 1 aliphatic heterocycles. The summed E-state index contributed by atoms with van der Waals surface area (Å²) in [5.74, 6) is 0.0582. The molecule has 0 bridgehead atoms. The number of pyridine rings is 1. The van der Waals surface area contributed by atoms with Gasteiger partial charge in [-0.3, -0.25) is 9.78 Å². The lowest BCUT2D eigenvalue weighted by molar-refractivity contribution is -0.117. The third-order valence-corrected chi connectivity index (χ3v) is 4.36. The van der Waals surface area contributed by atoms with Crippen LogP contribution in [0.15, 0.2) is 47.2 Å². The Hall–Kier alpha value is -2.80. The Morgan fingerprint density at radius 1 is 1.24 bits per heavy atom. The van der Waals surface area contributed by atoms with E-state index in [0.717, 1.165) is 5.56 Å². The van der Waals surface area contributed by atoms with Crippen LogP contribution in [0.2, 0.25) is 5.02 Å². The van der Waals surface area contributed by atoms with Crippen molar-refractivity contribution in [1.29, 1.82) is 0 Å². The first-order valence-electron chi connectivity index (χ1n) is 7.61. The van der Waals surface area contributed by atoms with Gasteiger partial charge < -0.3 is 9.42 Å². The molecule has 3 heterocycles. The number of halogens is 2. The molecule has 0 saturated carbocycles. The number of nitrogens with zero attached hydrogens (tertiary/aromatic N) is 4. The zero-order valence-electron chi connectivity index (χ0n) is 12.9. The van der Waals surface area contributed by atoms with Gasteiger partial charge in [0.25, 0.3) is 5.89 Å². The molecule has 0 spiro atoms. The Balaban J connectivity index is 1.57. The van der Waals surface area contributed by atoms with Crippen molar-refractivity contribution in [3.05, 3.63) is 59.4 Å². The minimum Gasteiger partial charge on any atom is -0.334 e. The molecular weight excluding hydrogens is 347 g/mol. The van der Waals surface area contributed by atoms with E-state index in [0.29, 0.717) is 23.9 Å². The van der Waals surface area contributed by atoms with Crippen LogP contribution in [-0.4, -0.2) is 27.6 Å². The number of anilines is 1. The molecule has 4 rings (SSSR count). The molecule has 1 unspecified atom stereocenters. The molecule has 3 aromatic rings. The van der Waals surface area contributed by atoms with Gasteiger partial charge in [0, 0.05) is 36.8 Å². The maximum Gasteiger partial charge on any atom is 0.258 e. The molecule has 2 aromatic heterocycles. The average Bonchev–Trinajstić information content (AvgIpc) is 3.23. The second-order valence-electron chi connectivity index (χ2n) is 5.69. The summed E-state index contributed by atoms with van der Waals surface area (Å²) in [5, 5.41) is 4.19. The summed E-state index contributed by atoms with van der Waals surface area (Å²) in [5.41, 5.74) is 1.24. The zero-order valence-corrected chi connectivity index (χ0v) is 13.7. The molecule has 1 atom stereocenters. The van der Waals surface area contributed by atoms with Crippen LogP contribution in [-0.2, 0) is 4.79 Å². The van der Waals surface area contributed by atoms with Crippen molar-refractivity contribution in [2.24, 2.45) is 0 Å². The van der Waals surface area contributed by atoms with E-state index in [1.165, 1.54) is 23.1 Å². The summed E-state index contributed by atoms with van der Waals surface area (Å²) >= 11 is 6.06. The van der Waals surface area contributed by atoms with Crippen molar-refractivity contribution in [2.45, 2.75) is 12.3 Å². The molecule has 0 radical (unpaired) electrons. The van der Waals surface area contributed by atoms with E-state index >= 15 is 0 Å². The molecule has 1 amide bonds. The van der Waals surface area contributed by atoms with Gasteiger partial charge in [-0.05, 0) is 30.3 Å². The second kappa shape index (κ2) is 6.25. The highest BCUT2D eigenvalue weighted by Crippen LogP contribution is 2.35. The Bertz CT molecular complexity index is 931. The fraction of sp³-hybridized carbons (Fsp3) is 0.176. The van der Waals surface area contributed by atoms with Crippen molar-refractivity contribution in [1.82, 2.24) is 15.1 Å². The van der Waals surface area contributed by atoms with E-state index in [-0.39, 0.29) is 23.3 Å². The maximum atomic E-state index is 13.2. The fourth-order valence-electron chi connectivity index (χ4n) is 2.83. The van der Waals surface area contributed by atoms with Gasteiger partial charge in [0.1, 0.15) is 5.82 Å². The van der Waals surface area contributed by atoms with E-state index in [4.69, 9.17) is 16.1 Å². The number of carbonyl (C=O) groups is 1. The van der Waals surface area contributed by atoms with Gasteiger partial charge in [0.2, 0.25) is 5.91 Å². The molecule has 1 aromatic carbocycles. The molecule has 0 aliphatic carbocycles. The maximum absolute atomic E-state index is 13.2. The van der Waals surface area contributed by atoms with E-state index in [9.17, 15) is 9.18 Å². The summed E-state index contributed by atoms with van der Waals surface area (Å²) in [6.45, 7) is 0.361. The van der Waals surface area contributed by atoms with Crippen LogP contribution in [0.1, 0.15) is 18.2 Å². The number of carbonyl (C=O) groups excluding carboxylic acids is 1. The fourth-order valence-corrected chi connectivity index (χ4v) is 3.10. The van der Waals surface area contributed by atoms with Crippen molar-refractivity contribution in [3.8, 4) is 11.5 Å². The number of benzene rings is 1. The van der Waals surface area contributed by atoms with Crippen LogP contribution in [0.4, 0.5) is 10.1 Å². The third-order valence-electron chi connectivity index (χ3n) is 4.06. The number of hydrogen-bond donors (Lipinski definition) is 0. The van der Waals surface area contributed by atoms with Gasteiger partial charge in [-0.15, -0.1) is 0 Å². The second-order valence-corrected chi connectivity index (χ2v) is 6.10. The molecule has 8 heteroatoms. The van der Waals surface area contributed by atoms with Crippen LogP contribution < -0.4 is 4.90 Å². The number of hydrogen-bond acceptors (Lipinski definition) is 5. The van der Waals surface area contributed by atoms with Crippen molar-refractivity contribution < 1.29 is 13.7 Å². The highest BCUT2D eigenvalue weighted by atomic mass is 35.5. The van der Waals surface area contributed by atoms with Gasteiger partial charge in [0.15, 0.2) is 5.82 Å². The van der Waals surface area contributed by atoms with Crippen LogP contribution >= 0.6 is 11.6 Å². The van der Waals surface area contributed by atoms with Gasteiger partial charge in [-0.25, -0.2) is 4.39 Å².